The molecule has 3 rings (SSSR count). The Morgan fingerprint density at radius 2 is 1.58 bits per heavy atom. The van der Waals surface area contributed by atoms with Gasteiger partial charge in [0.25, 0.3) is 0 Å². The number of nitrogens with zero attached hydrogens (tertiary/aromatic N) is 2. The first-order chi connectivity index (χ1) is 14.6. The summed E-state index contributed by atoms with van der Waals surface area (Å²) in [6.45, 7) is 2.24. The molecule has 2 aromatic rings. The van der Waals surface area contributed by atoms with Gasteiger partial charge in [-0.25, -0.2) is 8.42 Å². The average molecular weight is 459 g/mol. The molecule has 1 heterocycles. The Morgan fingerprint density at radius 3 is 2.19 bits per heavy atom. The zero-order valence-electron chi connectivity index (χ0n) is 17.4. The van der Waals surface area contributed by atoms with Crippen molar-refractivity contribution in [3.05, 3.63) is 53.6 Å². The Morgan fingerprint density at radius 1 is 0.903 bits per heavy atom. The van der Waals surface area contributed by atoms with E-state index in [1.807, 2.05) is 4.90 Å². The zero-order chi connectivity index (χ0) is 22.6. The van der Waals surface area contributed by atoms with Crippen molar-refractivity contribution in [2.45, 2.75) is 24.0 Å². The largest absolute Gasteiger partial charge is 0.493 e. The lowest BCUT2D eigenvalue weighted by atomic mass is 10.1. The SMILES string of the molecule is COc1ccc(S(=O)(=O)N2CCCN(Cc3ccc(C(F)(F)F)cc3)CC2)cc1OC. The topological polar surface area (TPSA) is 59.1 Å². The quantitative estimate of drug-likeness (QED) is 0.662. The van der Waals surface area contributed by atoms with Crippen LogP contribution in [-0.2, 0) is 22.7 Å². The standard InChI is InChI=1S/C21H25F3N2O4S/c1-29-19-9-8-18(14-20(19)30-2)31(27,28)26-11-3-10-25(12-13-26)15-16-4-6-17(7-5-16)21(22,23)24/h4-9,14H,3,10-13,15H2,1-2H3. The maximum absolute atomic E-state index is 13.1. The smallest absolute Gasteiger partial charge is 0.416 e. The minimum absolute atomic E-state index is 0.126. The minimum atomic E-state index is -4.36. The molecule has 0 radical (unpaired) electrons. The molecule has 1 fully saturated rings. The highest BCUT2D eigenvalue weighted by atomic mass is 32.2. The maximum atomic E-state index is 13.1. The van der Waals surface area contributed by atoms with Gasteiger partial charge in [0, 0.05) is 32.2 Å². The first kappa shape index (κ1) is 23.4. The molecule has 1 aliphatic rings. The molecular formula is C21H25F3N2O4S. The van der Waals surface area contributed by atoms with Gasteiger partial charge in [0.15, 0.2) is 11.5 Å². The molecule has 0 bridgehead atoms. The normalized spacial score (nSPS) is 16.7. The van der Waals surface area contributed by atoms with E-state index in [1.165, 1.54) is 42.8 Å². The van der Waals surface area contributed by atoms with E-state index < -0.39 is 21.8 Å². The monoisotopic (exact) mass is 458 g/mol. The molecule has 0 amide bonds. The van der Waals surface area contributed by atoms with Crippen LogP contribution >= 0.6 is 0 Å². The molecule has 0 unspecified atom stereocenters. The van der Waals surface area contributed by atoms with Crippen LogP contribution in [-0.4, -0.2) is 58.0 Å². The fourth-order valence-corrected chi connectivity index (χ4v) is 5.01. The van der Waals surface area contributed by atoms with Crippen molar-refractivity contribution in [1.82, 2.24) is 9.21 Å². The Hall–Kier alpha value is -2.30. The number of sulfonamides is 1. The molecule has 10 heteroatoms. The van der Waals surface area contributed by atoms with E-state index in [0.29, 0.717) is 44.1 Å². The summed E-state index contributed by atoms with van der Waals surface area (Å²) in [5.41, 5.74) is 0.0727. The lowest BCUT2D eigenvalue weighted by Gasteiger charge is -2.22. The van der Waals surface area contributed by atoms with E-state index in [2.05, 4.69) is 0 Å². The molecule has 1 aliphatic heterocycles. The average Bonchev–Trinajstić information content (AvgIpc) is 2.99. The predicted octanol–water partition coefficient (Wildman–Crippen LogP) is 3.62. The van der Waals surface area contributed by atoms with E-state index in [-0.39, 0.29) is 11.4 Å². The summed E-state index contributed by atoms with van der Waals surface area (Å²) in [5.74, 6) is 0.780. The van der Waals surface area contributed by atoms with E-state index >= 15 is 0 Å². The van der Waals surface area contributed by atoms with Crippen molar-refractivity contribution in [3.8, 4) is 11.5 Å². The van der Waals surface area contributed by atoms with E-state index in [4.69, 9.17) is 9.47 Å². The molecular weight excluding hydrogens is 433 g/mol. The second kappa shape index (κ2) is 9.46. The summed E-state index contributed by atoms with van der Waals surface area (Å²) < 4.78 is 76.2. The van der Waals surface area contributed by atoms with Gasteiger partial charge in [0.05, 0.1) is 24.7 Å². The third-order valence-electron chi connectivity index (χ3n) is 5.23. The number of ether oxygens (including phenoxy) is 2. The first-order valence-electron chi connectivity index (χ1n) is 9.76. The summed E-state index contributed by atoms with van der Waals surface area (Å²) in [6.07, 6.45) is -3.74. The van der Waals surface area contributed by atoms with Gasteiger partial charge >= 0.3 is 6.18 Å². The van der Waals surface area contributed by atoms with Gasteiger partial charge in [0.2, 0.25) is 10.0 Å². The van der Waals surface area contributed by atoms with Crippen LogP contribution in [0.5, 0.6) is 11.5 Å². The zero-order valence-corrected chi connectivity index (χ0v) is 18.2. The summed E-state index contributed by atoms with van der Waals surface area (Å²) in [6, 6.07) is 9.56. The van der Waals surface area contributed by atoms with Crippen LogP contribution in [0.4, 0.5) is 13.2 Å². The molecule has 0 spiro atoms. The number of rotatable bonds is 6. The third-order valence-corrected chi connectivity index (χ3v) is 7.12. The predicted molar refractivity (Wildman–Crippen MR) is 110 cm³/mol. The van der Waals surface area contributed by atoms with Crippen LogP contribution in [0.15, 0.2) is 47.4 Å². The van der Waals surface area contributed by atoms with Crippen molar-refractivity contribution in [2.24, 2.45) is 0 Å². The van der Waals surface area contributed by atoms with Crippen molar-refractivity contribution >= 4 is 10.0 Å². The number of hydrogen-bond acceptors (Lipinski definition) is 5. The van der Waals surface area contributed by atoms with Crippen molar-refractivity contribution in [3.63, 3.8) is 0 Å². The highest BCUT2D eigenvalue weighted by Crippen LogP contribution is 2.31. The molecule has 6 nitrogen and oxygen atoms in total. The number of benzene rings is 2. The molecule has 0 aromatic heterocycles. The Bertz CT molecular complexity index is 995. The summed E-state index contributed by atoms with van der Waals surface area (Å²) in [4.78, 5) is 2.17. The van der Waals surface area contributed by atoms with Gasteiger partial charge < -0.3 is 9.47 Å². The number of halogens is 3. The molecule has 1 saturated heterocycles. The molecule has 170 valence electrons. The fourth-order valence-electron chi connectivity index (χ4n) is 3.53. The van der Waals surface area contributed by atoms with Crippen LogP contribution in [0.3, 0.4) is 0 Å². The van der Waals surface area contributed by atoms with E-state index in [9.17, 15) is 21.6 Å². The molecule has 31 heavy (non-hydrogen) atoms. The summed E-state index contributed by atoms with van der Waals surface area (Å²) in [7, 11) is -0.793. The Balaban J connectivity index is 1.68. The fraction of sp³-hybridized carbons (Fsp3) is 0.429. The van der Waals surface area contributed by atoms with Gasteiger partial charge in [-0.2, -0.15) is 17.5 Å². The van der Waals surface area contributed by atoms with E-state index in [0.717, 1.165) is 17.7 Å². The molecule has 0 saturated carbocycles. The van der Waals surface area contributed by atoms with Gasteiger partial charge in [0.1, 0.15) is 0 Å². The second-order valence-corrected chi connectivity index (χ2v) is 9.18. The number of hydrogen-bond donors (Lipinski definition) is 0. The number of methoxy groups -OCH3 is 2. The van der Waals surface area contributed by atoms with Gasteiger partial charge in [-0.05, 0) is 42.8 Å². The molecule has 0 N–H and O–H groups in total. The van der Waals surface area contributed by atoms with Crippen LogP contribution in [0.2, 0.25) is 0 Å². The lowest BCUT2D eigenvalue weighted by Crippen LogP contribution is -2.35. The highest BCUT2D eigenvalue weighted by molar-refractivity contribution is 7.89. The second-order valence-electron chi connectivity index (χ2n) is 7.25. The lowest BCUT2D eigenvalue weighted by molar-refractivity contribution is -0.137. The van der Waals surface area contributed by atoms with Gasteiger partial charge in [-0.1, -0.05) is 12.1 Å². The van der Waals surface area contributed by atoms with Crippen LogP contribution in [0.1, 0.15) is 17.5 Å². The van der Waals surface area contributed by atoms with Crippen LogP contribution in [0, 0.1) is 0 Å². The van der Waals surface area contributed by atoms with E-state index in [1.54, 1.807) is 6.07 Å². The first-order valence-corrected chi connectivity index (χ1v) is 11.2. The third kappa shape index (κ3) is 5.50. The number of alkyl halides is 3. The van der Waals surface area contributed by atoms with Gasteiger partial charge in [-0.15, -0.1) is 0 Å². The van der Waals surface area contributed by atoms with Crippen molar-refractivity contribution in [2.75, 3.05) is 40.4 Å². The van der Waals surface area contributed by atoms with Gasteiger partial charge in [-0.3, -0.25) is 4.90 Å². The van der Waals surface area contributed by atoms with Crippen LogP contribution < -0.4 is 9.47 Å². The molecule has 2 aromatic carbocycles. The minimum Gasteiger partial charge on any atom is -0.493 e. The molecule has 0 atom stereocenters. The highest BCUT2D eigenvalue weighted by Gasteiger charge is 2.30. The Kier molecular flexibility index (Phi) is 7.13. The maximum Gasteiger partial charge on any atom is 0.416 e. The van der Waals surface area contributed by atoms with Crippen molar-refractivity contribution in [1.29, 1.82) is 0 Å². The Labute approximate surface area is 180 Å². The van der Waals surface area contributed by atoms with Crippen LogP contribution in [0.25, 0.3) is 0 Å². The summed E-state index contributed by atoms with van der Waals surface area (Å²) >= 11 is 0. The molecule has 0 aliphatic carbocycles. The summed E-state index contributed by atoms with van der Waals surface area (Å²) in [5, 5.41) is 0. The van der Waals surface area contributed by atoms with Crippen molar-refractivity contribution < 1.29 is 31.1 Å².